The van der Waals surface area contributed by atoms with Crippen molar-refractivity contribution in [2.75, 3.05) is 32.5 Å². The van der Waals surface area contributed by atoms with E-state index < -0.39 is 0 Å². The van der Waals surface area contributed by atoms with Crippen LogP contribution in [0.15, 0.2) is 36.5 Å². The molecule has 7 nitrogen and oxygen atoms in total. The number of imidazole rings is 1. The summed E-state index contributed by atoms with van der Waals surface area (Å²) in [5.41, 5.74) is 4.11. The SMILES string of the molecule is CC1CC(NC(=O)c2ccnc3nc(-c4ccc(NCCN(C)C)cc4)[nH]c23)CC(C)(C)C1. The van der Waals surface area contributed by atoms with Gasteiger partial charge in [-0.05, 0) is 75.0 Å². The van der Waals surface area contributed by atoms with Gasteiger partial charge < -0.3 is 20.5 Å². The molecule has 0 radical (unpaired) electrons. The molecule has 1 amide bonds. The van der Waals surface area contributed by atoms with Crippen LogP contribution < -0.4 is 10.6 Å². The molecule has 7 heteroatoms. The molecule has 2 heterocycles. The molecule has 2 aromatic heterocycles. The second-order valence-corrected chi connectivity index (χ2v) is 10.5. The van der Waals surface area contributed by atoms with Crippen molar-refractivity contribution < 1.29 is 4.79 Å². The number of nitrogens with one attached hydrogen (secondary N) is 3. The number of pyridine rings is 1. The second-order valence-electron chi connectivity index (χ2n) is 10.5. The van der Waals surface area contributed by atoms with Gasteiger partial charge in [0.25, 0.3) is 5.91 Å². The van der Waals surface area contributed by atoms with Gasteiger partial charge in [-0.1, -0.05) is 20.8 Å². The first-order valence-electron chi connectivity index (χ1n) is 11.8. The maximum atomic E-state index is 13.2. The van der Waals surface area contributed by atoms with E-state index in [9.17, 15) is 4.79 Å². The zero-order chi connectivity index (χ0) is 23.6. The van der Waals surface area contributed by atoms with E-state index in [0.29, 0.717) is 28.5 Å². The largest absolute Gasteiger partial charge is 0.384 e. The van der Waals surface area contributed by atoms with E-state index in [4.69, 9.17) is 0 Å². The highest BCUT2D eigenvalue weighted by molar-refractivity contribution is 6.04. The van der Waals surface area contributed by atoms with Gasteiger partial charge in [0.2, 0.25) is 0 Å². The van der Waals surface area contributed by atoms with Crippen LogP contribution in [-0.2, 0) is 0 Å². The summed E-state index contributed by atoms with van der Waals surface area (Å²) in [5, 5.41) is 6.69. The van der Waals surface area contributed by atoms with Crippen LogP contribution >= 0.6 is 0 Å². The lowest BCUT2D eigenvalue weighted by molar-refractivity contribution is 0.0875. The lowest BCUT2D eigenvalue weighted by Crippen LogP contribution is -2.43. The minimum Gasteiger partial charge on any atom is -0.384 e. The Morgan fingerprint density at radius 1 is 1.18 bits per heavy atom. The molecule has 1 aliphatic rings. The molecule has 0 spiro atoms. The third-order valence-electron chi connectivity index (χ3n) is 6.41. The molecule has 1 saturated carbocycles. The number of hydrogen-bond acceptors (Lipinski definition) is 5. The molecule has 3 N–H and O–H groups in total. The molecule has 0 saturated heterocycles. The highest BCUT2D eigenvalue weighted by Gasteiger charge is 2.33. The van der Waals surface area contributed by atoms with E-state index in [0.717, 1.165) is 37.2 Å². The lowest BCUT2D eigenvalue weighted by atomic mass is 9.70. The highest BCUT2D eigenvalue weighted by atomic mass is 16.1. The number of aromatic amines is 1. The quantitative estimate of drug-likeness (QED) is 0.494. The number of carbonyl (C=O) groups excluding carboxylic acids is 1. The van der Waals surface area contributed by atoms with Crippen molar-refractivity contribution in [3.05, 3.63) is 42.1 Å². The summed E-state index contributed by atoms with van der Waals surface area (Å²) in [4.78, 5) is 27.7. The van der Waals surface area contributed by atoms with Gasteiger partial charge in [-0.3, -0.25) is 4.79 Å². The Kier molecular flexibility index (Phi) is 6.70. The zero-order valence-corrected chi connectivity index (χ0v) is 20.4. The summed E-state index contributed by atoms with van der Waals surface area (Å²) < 4.78 is 0. The van der Waals surface area contributed by atoms with E-state index in [-0.39, 0.29) is 17.4 Å². The number of likely N-dealkylation sites (N-methyl/N-ethyl adjacent to an activating group) is 1. The van der Waals surface area contributed by atoms with Crippen LogP contribution in [0.3, 0.4) is 0 Å². The van der Waals surface area contributed by atoms with Crippen molar-refractivity contribution in [2.45, 2.75) is 46.1 Å². The van der Waals surface area contributed by atoms with Crippen LogP contribution in [0, 0.1) is 11.3 Å². The molecule has 176 valence electrons. The Balaban J connectivity index is 1.50. The molecule has 1 fully saturated rings. The van der Waals surface area contributed by atoms with Gasteiger partial charge in [0, 0.05) is 36.6 Å². The molecule has 1 aliphatic carbocycles. The van der Waals surface area contributed by atoms with Gasteiger partial charge >= 0.3 is 0 Å². The lowest BCUT2D eigenvalue weighted by Gasteiger charge is -2.39. The smallest absolute Gasteiger partial charge is 0.253 e. The van der Waals surface area contributed by atoms with Crippen LogP contribution in [0.4, 0.5) is 5.69 Å². The molecular formula is C26H36N6O. The normalized spacial score (nSPS) is 20.2. The zero-order valence-electron chi connectivity index (χ0n) is 20.4. The number of aromatic nitrogens is 3. The maximum Gasteiger partial charge on any atom is 0.253 e. The predicted molar refractivity (Wildman–Crippen MR) is 134 cm³/mol. The van der Waals surface area contributed by atoms with Crippen molar-refractivity contribution in [3.8, 4) is 11.4 Å². The van der Waals surface area contributed by atoms with E-state index in [2.05, 4.69) is 65.4 Å². The first kappa shape index (κ1) is 23.2. The van der Waals surface area contributed by atoms with Gasteiger partial charge in [-0.2, -0.15) is 0 Å². The Morgan fingerprint density at radius 2 is 1.94 bits per heavy atom. The number of rotatable bonds is 7. The van der Waals surface area contributed by atoms with Crippen molar-refractivity contribution in [2.24, 2.45) is 11.3 Å². The Hall–Kier alpha value is -2.93. The number of fused-ring (bicyclic) bond motifs is 1. The first-order valence-corrected chi connectivity index (χ1v) is 11.8. The van der Waals surface area contributed by atoms with Crippen LogP contribution in [0.1, 0.15) is 50.4 Å². The summed E-state index contributed by atoms with van der Waals surface area (Å²) in [6, 6.07) is 10.1. The summed E-state index contributed by atoms with van der Waals surface area (Å²) in [7, 11) is 4.12. The monoisotopic (exact) mass is 448 g/mol. The van der Waals surface area contributed by atoms with Crippen molar-refractivity contribution in [1.29, 1.82) is 0 Å². The van der Waals surface area contributed by atoms with Gasteiger partial charge in [-0.25, -0.2) is 9.97 Å². The third kappa shape index (κ3) is 5.71. The third-order valence-corrected chi connectivity index (χ3v) is 6.41. The van der Waals surface area contributed by atoms with E-state index in [1.165, 1.54) is 6.42 Å². The standard InChI is InChI=1S/C26H36N6O/c1-17-14-20(16-26(2,3)15-17)29-25(33)21-10-11-28-24-22(21)30-23(31-24)18-6-8-19(9-7-18)27-12-13-32(4)5/h6-11,17,20,27H,12-16H2,1-5H3,(H,29,33)(H,28,30,31). The number of H-pyrrole nitrogens is 1. The topological polar surface area (TPSA) is 85.9 Å². The number of carbonyl (C=O) groups is 1. The molecule has 1 aromatic carbocycles. The number of nitrogens with zero attached hydrogens (tertiary/aromatic N) is 3. The number of benzene rings is 1. The van der Waals surface area contributed by atoms with E-state index in [1.54, 1.807) is 12.3 Å². The summed E-state index contributed by atoms with van der Waals surface area (Å²) in [5.74, 6) is 1.26. The first-order chi connectivity index (χ1) is 15.7. The highest BCUT2D eigenvalue weighted by Crippen LogP contribution is 2.38. The van der Waals surface area contributed by atoms with Gasteiger partial charge in [0.15, 0.2) is 5.65 Å². The Morgan fingerprint density at radius 3 is 2.64 bits per heavy atom. The number of hydrogen-bond donors (Lipinski definition) is 3. The van der Waals surface area contributed by atoms with Gasteiger partial charge in [0.1, 0.15) is 5.82 Å². The molecule has 2 unspecified atom stereocenters. The Labute approximate surface area is 196 Å². The molecule has 0 bridgehead atoms. The van der Waals surface area contributed by atoms with Crippen LogP contribution in [0.2, 0.25) is 0 Å². The molecule has 33 heavy (non-hydrogen) atoms. The average Bonchev–Trinajstić information content (AvgIpc) is 3.16. The van der Waals surface area contributed by atoms with Crippen molar-refractivity contribution in [1.82, 2.24) is 25.2 Å². The van der Waals surface area contributed by atoms with E-state index >= 15 is 0 Å². The van der Waals surface area contributed by atoms with Gasteiger partial charge in [-0.15, -0.1) is 0 Å². The molecular weight excluding hydrogens is 412 g/mol. The Bertz CT molecular complexity index is 1100. The minimum absolute atomic E-state index is 0.0621. The van der Waals surface area contributed by atoms with Gasteiger partial charge in [0.05, 0.1) is 11.1 Å². The fraction of sp³-hybridized carbons (Fsp3) is 0.500. The second kappa shape index (κ2) is 9.51. The minimum atomic E-state index is -0.0621. The summed E-state index contributed by atoms with van der Waals surface area (Å²) in [6.45, 7) is 8.71. The van der Waals surface area contributed by atoms with Crippen LogP contribution in [-0.4, -0.2) is 59.0 Å². The maximum absolute atomic E-state index is 13.2. The molecule has 2 atom stereocenters. The number of anilines is 1. The van der Waals surface area contributed by atoms with E-state index in [1.807, 2.05) is 24.3 Å². The fourth-order valence-electron chi connectivity index (χ4n) is 5.13. The molecule has 3 aromatic rings. The van der Waals surface area contributed by atoms with Crippen LogP contribution in [0.25, 0.3) is 22.6 Å². The summed E-state index contributed by atoms with van der Waals surface area (Å²) in [6.07, 6.45) is 4.88. The summed E-state index contributed by atoms with van der Waals surface area (Å²) >= 11 is 0. The average molecular weight is 449 g/mol. The molecule has 0 aliphatic heterocycles. The van der Waals surface area contributed by atoms with Crippen molar-refractivity contribution in [3.63, 3.8) is 0 Å². The van der Waals surface area contributed by atoms with Crippen LogP contribution in [0.5, 0.6) is 0 Å². The predicted octanol–water partition coefficient (Wildman–Crippen LogP) is 4.54. The van der Waals surface area contributed by atoms with Crippen molar-refractivity contribution >= 4 is 22.8 Å². The number of amides is 1. The molecule has 4 rings (SSSR count). The fourth-order valence-corrected chi connectivity index (χ4v) is 5.13.